The van der Waals surface area contributed by atoms with Crippen molar-refractivity contribution in [3.63, 3.8) is 0 Å². The van der Waals surface area contributed by atoms with E-state index in [0.29, 0.717) is 11.7 Å². The molecule has 17 heavy (non-hydrogen) atoms. The molecule has 1 aliphatic rings. The summed E-state index contributed by atoms with van der Waals surface area (Å²) in [6.07, 6.45) is 6.43. The molecule has 0 spiro atoms. The number of nitroso groups, excluding NO2 is 1. The van der Waals surface area contributed by atoms with Gasteiger partial charge in [-0.05, 0) is 37.1 Å². The topological polar surface area (TPSA) is 32.7 Å². The Morgan fingerprint density at radius 1 is 1.24 bits per heavy atom. The second-order valence-corrected chi connectivity index (χ2v) is 4.66. The molecule has 92 valence electrons. The first-order chi connectivity index (χ1) is 8.36. The van der Waals surface area contributed by atoms with Crippen molar-refractivity contribution in [2.45, 2.75) is 45.1 Å². The summed E-state index contributed by atoms with van der Waals surface area (Å²) in [6.45, 7) is 3.09. The van der Waals surface area contributed by atoms with Crippen LogP contribution in [0.4, 0.5) is 11.4 Å². The van der Waals surface area contributed by atoms with Gasteiger partial charge in [-0.3, -0.25) is 0 Å². The summed E-state index contributed by atoms with van der Waals surface area (Å²) < 4.78 is 0. The highest BCUT2D eigenvalue weighted by atomic mass is 16.3. The van der Waals surface area contributed by atoms with Gasteiger partial charge in [0.05, 0.1) is 5.69 Å². The molecule has 1 aromatic rings. The van der Waals surface area contributed by atoms with Crippen molar-refractivity contribution < 1.29 is 0 Å². The van der Waals surface area contributed by atoms with Gasteiger partial charge in [0.15, 0.2) is 0 Å². The Morgan fingerprint density at radius 2 is 1.94 bits per heavy atom. The molecule has 3 heteroatoms. The summed E-state index contributed by atoms with van der Waals surface area (Å²) in [7, 11) is 0. The molecule has 0 heterocycles. The molecule has 0 N–H and O–H groups in total. The lowest BCUT2D eigenvalue weighted by molar-refractivity contribution is 0.418. The van der Waals surface area contributed by atoms with E-state index in [2.05, 4.69) is 17.0 Å². The summed E-state index contributed by atoms with van der Waals surface area (Å²) in [5.41, 5.74) is 1.57. The molecule has 0 aromatic heterocycles. The van der Waals surface area contributed by atoms with Crippen LogP contribution in [0.25, 0.3) is 0 Å². The summed E-state index contributed by atoms with van der Waals surface area (Å²) in [6, 6.07) is 8.24. The standard InChI is InChI=1S/C14H20N2O/c1-2-16(12-8-4-3-5-9-12)14-11-7-6-10-13(14)15-17/h6-7,10-12H,2-5,8-9H2,1H3. The molecular weight excluding hydrogens is 212 g/mol. The Labute approximate surface area is 103 Å². The third-order valence-electron chi connectivity index (χ3n) is 3.65. The number of rotatable bonds is 4. The fourth-order valence-corrected chi connectivity index (χ4v) is 2.80. The highest BCUT2D eigenvalue weighted by Gasteiger charge is 2.21. The maximum Gasteiger partial charge on any atom is 0.131 e. The van der Waals surface area contributed by atoms with Crippen molar-refractivity contribution in [2.75, 3.05) is 11.4 Å². The minimum Gasteiger partial charge on any atom is -0.367 e. The average molecular weight is 232 g/mol. The molecule has 0 atom stereocenters. The Bertz CT molecular complexity index is 372. The van der Waals surface area contributed by atoms with Gasteiger partial charge in [0.2, 0.25) is 0 Å². The highest BCUT2D eigenvalue weighted by molar-refractivity contribution is 5.67. The monoisotopic (exact) mass is 232 g/mol. The van der Waals surface area contributed by atoms with E-state index in [0.717, 1.165) is 12.2 Å². The predicted octanol–water partition coefficient (Wildman–Crippen LogP) is 4.24. The molecule has 1 fully saturated rings. The van der Waals surface area contributed by atoms with Crippen LogP contribution < -0.4 is 4.90 Å². The molecule has 0 radical (unpaired) electrons. The summed E-state index contributed by atoms with van der Waals surface area (Å²) >= 11 is 0. The van der Waals surface area contributed by atoms with Crippen LogP contribution in [0.5, 0.6) is 0 Å². The van der Waals surface area contributed by atoms with Crippen molar-refractivity contribution in [1.82, 2.24) is 0 Å². The van der Waals surface area contributed by atoms with Crippen LogP contribution in [0.3, 0.4) is 0 Å². The molecule has 2 rings (SSSR count). The largest absolute Gasteiger partial charge is 0.367 e. The third kappa shape index (κ3) is 2.65. The van der Waals surface area contributed by atoms with Crippen LogP contribution in [-0.2, 0) is 0 Å². The van der Waals surface area contributed by atoms with Gasteiger partial charge >= 0.3 is 0 Å². The molecule has 0 amide bonds. The molecule has 1 aliphatic carbocycles. The lowest BCUT2D eigenvalue weighted by atomic mass is 9.93. The normalized spacial score (nSPS) is 16.8. The Hall–Kier alpha value is -1.38. The van der Waals surface area contributed by atoms with Gasteiger partial charge in [-0.25, -0.2) is 0 Å². The average Bonchev–Trinajstić information content (AvgIpc) is 2.41. The number of hydrogen-bond donors (Lipinski definition) is 0. The molecule has 1 aromatic carbocycles. The molecule has 0 bridgehead atoms. The second-order valence-electron chi connectivity index (χ2n) is 4.66. The summed E-state index contributed by atoms with van der Waals surface area (Å²) in [5.74, 6) is 0. The van der Waals surface area contributed by atoms with Gasteiger partial charge in [-0.2, -0.15) is 0 Å². The maximum absolute atomic E-state index is 10.9. The number of nitrogens with zero attached hydrogens (tertiary/aromatic N) is 2. The van der Waals surface area contributed by atoms with Gasteiger partial charge in [0.1, 0.15) is 5.69 Å². The Balaban J connectivity index is 2.24. The minimum absolute atomic E-state index is 0.569. The zero-order chi connectivity index (χ0) is 12.1. The molecule has 3 nitrogen and oxygen atoms in total. The summed E-state index contributed by atoms with van der Waals surface area (Å²) in [5, 5.41) is 3.14. The molecule has 0 unspecified atom stereocenters. The van der Waals surface area contributed by atoms with E-state index in [1.165, 1.54) is 32.1 Å². The van der Waals surface area contributed by atoms with Crippen LogP contribution in [-0.4, -0.2) is 12.6 Å². The van der Waals surface area contributed by atoms with Crippen molar-refractivity contribution >= 4 is 11.4 Å². The fraction of sp³-hybridized carbons (Fsp3) is 0.571. The van der Waals surface area contributed by atoms with E-state index in [1.807, 2.05) is 18.2 Å². The zero-order valence-electron chi connectivity index (χ0n) is 10.4. The number of para-hydroxylation sites is 1. The van der Waals surface area contributed by atoms with E-state index in [4.69, 9.17) is 0 Å². The van der Waals surface area contributed by atoms with E-state index in [1.54, 1.807) is 6.07 Å². The van der Waals surface area contributed by atoms with Gasteiger partial charge in [-0.15, -0.1) is 4.91 Å². The van der Waals surface area contributed by atoms with E-state index >= 15 is 0 Å². The quantitative estimate of drug-likeness (QED) is 0.727. The van der Waals surface area contributed by atoms with E-state index < -0.39 is 0 Å². The molecule has 0 aliphatic heterocycles. The third-order valence-corrected chi connectivity index (χ3v) is 3.65. The van der Waals surface area contributed by atoms with Crippen molar-refractivity contribution in [3.05, 3.63) is 29.2 Å². The lowest BCUT2D eigenvalue weighted by Gasteiger charge is -2.35. The number of anilines is 1. The molecule has 1 saturated carbocycles. The van der Waals surface area contributed by atoms with E-state index in [9.17, 15) is 4.91 Å². The number of hydrogen-bond acceptors (Lipinski definition) is 3. The van der Waals surface area contributed by atoms with E-state index in [-0.39, 0.29) is 0 Å². The predicted molar refractivity (Wildman–Crippen MR) is 71.8 cm³/mol. The zero-order valence-corrected chi connectivity index (χ0v) is 10.4. The van der Waals surface area contributed by atoms with Crippen LogP contribution >= 0.6 is 0 Å². The van der Waals surface area contributed by atoms with Crippen molar-refractivity contribution in [3.8, 4) is 0 Å². The lowest BCUT2D eigenvalue weighted by Crippen LogP contribution is -2.36. The Morgan fingerprint density at radius 3 is 2.59 bits per heavy atom. The fourth-order valence-electron chi connectivity index (χ4n) is 2.80. The first kappa shape index (κ1) is 12.1. The minimum atomic E-state index is 0.569. The first-order valence-corrected chi connectivity index (χ1v) is 6.56. The van der Waals surface area contributed by atoms with Crippen LogP contribution in [0, 0.1) is 4.91 Å². The van der Waals surface area contributed by atoms with Crippen molar-refractivity contribution in [1.29, 1.82) is 0 Å². The summed E-state index contributed by atoms with van der Waals surface area (Å²) in [4.78, 5) is 13.2. The smallest absolute Gasteiger partial charge is 0.131 e. The number of benzene rings is 1. The van der Waals surface area contributed by atoms with Crippen molar-refractivity contribution in [2.24, 2.45) is 5.18 Å². The van der Waals surface area contributed by atoms with Gasteiger partial charge in [0.25, 0.3) is 0 Å². The van der Waals surface area contributed by atoms with Crippen LogP contribution in [0.2, 0.25) is 0 Å². The molecular formula is C14H20N2O. The van der Waals surface area contributed by atoms with Crippen LogP contribution in [0.1, 0.15) is 39.0 Å². The highest BCUT2D eigenvalue weighted by Crippen LogP contribution is 2.33. The maximum atomic E-state index is 10.9. The Kier molecular flexibility index (Phi) is 4.13. The van der Waals surface area contributed by atoms with Gasteiger partial charge in [0, 0.05) is 12.6 Å². The van der Waals surface area contributed by atoms with Gasteiger partial charge in [-0.1, -0.05) is 31.4 Å². The second kappa shape index (κ2) is 5.80. The SMILES string of the molecule is CCN(c1ccccc1N=O)C1CCCCC1. The van der Waals surface area contributed by atoms with Crippen LogP contribution in [0.15, 0.2) is 29.4 Å². The molecule has 0 saturated heterocycles. The van der Waals surface area contributed by atoms with Gasteiger partial charge < -0.3 is 4.90 Å². The first-order valence-electron chi connectivity index (χ1n) is 6.56.